The van der Waals surface area contributed by atoms with Crippen molar-refractivity contribution < 1.29 is 18.7 Å². The van der Waals surface area contributed by atoms with Crippen molar-refractivity contribution in [2.45, 2.75) is 58.2 Å². The summed E-state index contributed by atoms with van der Waals surface area (Å²) in [6, 6.07) is 5.95. The van der Waals surface area contributed by atoms with E-state index in [2.05, 4.69) is 6.92 Å². The summed E-state index contributed by atoms with van der Waals surface area (Å²) in [5.74, 6) is 0.742. The molecule has 3 rings (SSSR count). The van der Waals surface area contributed by atoms with Crippen LogP contribution in [0.3, 0.4) is 0 Å². The molecule has 1 saturated heterocycles. The second-order valence-electron chi connectivity index (χ2n) is 8.28. The number of benzene rings is 1. The summed E-state index contributed by atoms with van der Waals surface area (Å²) in [6.45, 7) is 9.63. The highest BCUT2D eigenvalue weighted by Gasteiger charge is 2.38. The van der Waals surface area contributed by atoms with E-state index in [0.717, 1.165) is 35.4 Å². The van der Waals surface area contributed by atoms with Gasteiger partial charge in [-0.1, -0.05) is 13.0 Å². The predicted molar refractivity (Wildman–Crippen MR) is 99.1 cm³/mol. The van der Waals surface area contributed by atoms with Crippen LogP contribution in [-0.4, -0.2) is 41.8 Å². The number of hydrogen-bond acceptors (Lipinski definition) is 5. The first-order valence-corrected chi connectivity index (χ1v) is 9.07. The number of hydrogen-bond donors (Lipinski definition) is 0. The normalized spacial score (nSPS) is 17.5. The van der Waals surface area contributed by atoms with E-state index >= 15 is 0 Å². The lowest BCUT2D eigenvalue weighted by atomic mass is 9.80. The van der Waals surface area contributed by atoms with E-state index in [4.69, 9.17) is 18.9 Å². The van der Waals surface area contributed by atoms with Crippen molar-refractivity contribution in [2.24, 2.45) is 0 Å². The molecule has 1 amide bonds. The second kappa shape index (κ2) is 6.91. The number of methoxy groups -OCH3 is 1. The Labute approximate surface area is 154 Å². The number of fused-ring (bicyclic) bond motifs is 1. The quantitative estimate of drug-likeness (QED) is 0.818. The zero-order chi connectivity index (χ0) is 18.9. The maximum absolute atomic E-state index is 12.3. The molecule has 2 heterocycles. The molecule has 0 saturated carbocycles. The zero-order valence-electron chi connectivity index (χ0n) is 16.3. The average Bonchev–Trinajstić information content (AvgIpc) is 2.98. The zero-order valence-corrected chi connectivity index (χ0v) is 16.3. The summed E-state index contributed by atoms with van der Waals surface area (Å²) in [7, 11) is 1.68. The Morgan fingerprint density at radius 2 is 2.00 bits per heavy atom. The molecule has 0 aliphatic carbocycles. The minimum Gasteiger partial charge on any atom is -0.444 e. The molecule has 1 aliphatic rings. The Kier molecular flexibility index (Phi) is 4.97. The van der Waals surface area contributed by atoms with E-state index in [9.17, 15) is 4.79 Å². The molecule has 1 aromatic carbocycles. The van der Waals surface area contributed by atoms with E-state index in [1.54, 1.807) is 12.0 Å². The molecule has 1 aliphatic heterocycles. The van der Waals surface area contributed by atoms with Crippen LogP contribution in [-0.2, 0) is 21.5 Å². The van der Waals surface area contributed by atoms with Crippen LogP contribution in [0.25, 0.3) is 11.1 Å². The molecule has 0 bridgehead atoms. The largest absolute Gasteiger partial charge is 0.444 e. The Hall–Kier alpha value is -2.08. The van der Waals surface area contributed by atoms with Crippen LogP contribution < -0.4 is 0 Å². The Bertz CT molecular complexity index is 783. The van der Waals surface area contributed by atoms with Gasteiger partial charge in [0.05, 0.1) is 6.61 Å². The first-order chi connectivity index (χ1) is 12.2. The number of carbonyl (C=O) groups excluding carboxylic acids is 1. The van der Waals surface area contributed by atoms with Gasteiger partial charge in [0.25, 0.3) is 0 Å². The number of aromatic nitrogens is 1. The van der Waals surface area contributed by atoms with Gasteiger partial charge in [0.15, 0.2) is 5.58 Å². The lowest BCUT2D eigenvalue weighted by Gasteiger charge is -2.37. The summed E-state index contributed by atoms with van der Waals surface area (Å²) in [6.07, 6.45) is 1.34. The SMILES string of the molecule is COCc1ccc2nc(C3(C)CCN(C(=O)OC(C)(C)C)CC3)oc2c1. The number of likely N-dealkylation sites (tertiary alicyclic amines) is 1. The number of piperidine rings is 1. The Morgan fingerprint density at radius 3 is 2.62 bits per heavy atom. The molecule has 0 N–H and O–H groups in total. The average molecular weight is 360 g/mol. The van der Waals surface area contributed by atoms with Crippen LogP contribution in [0.1, 0.15) is 52.0 Å². The summed E-state index contributed by atoms with van der Waals surface area (Å²) in [4.78, 5) is 18.7. The first kappa shape index (κ1) is 18.7. The number of nitrogens with zero attached hydrogens (tertiary/aromatic N) is 2. The highest BCUT2D eigenvalue weighted by Crippen LogP contribution is 2.36. The molecule has 0 atom stereocenters. The van der Waals surface area contributed by atoms with Crippen LogP contribution >= 0.6 is 0 Å². The summed E-state index contributed by atoms with van der Waals surface area (Å²) in [5, 5.41) is 0. The number of rotatable bonds is 3. The van der Waals surface area contributed by atoms with Crippen molar-refractivity contribution in [3.05, 3.63) is 29.7 Å². The molecule has 26 heavy (non-hydrogen) atoms. The number of carbonyl (C=O) groups is 1. The van der Waals surface area contributed by atoms with Crippen molar-refractivity contribution in [3.63, 3.8) is 0 Å². The summed E-state index contributed by atoms with van der Waals surface area (Å²) in [5.41, 5.74) is 2.05. The van der Waals surface area contributed by atoms with Gasteiger partial charge >= 0.3 is 6.09 Å². The topological polar surface area (TPSA) is 64.8 Å². The fourth-order valence-corrected chi connectivity index (χ4v) is 3.21. The smallest absolute Gasteiger partial charge is 0.410 e. The molecule has 0 unspecified atom stereocenters. The third-order valence-electron chi connectivity index (χ3n) is 4.80. The third kappa shape index (κ3) is 4.01. The van der Waals surface area contributed by atoms with Gasteiger partial charge < -0.3 is 18.8 Å². The number of amides is 1. The van der Waals surface area contributed by atoms with Gasteiger partial charge in [-0.05, 0) is 51.3 Å². The van der Waals surface area contributed by atoms with Crippen LogP contribution in [0, 0.1) is 0 Å². The Balaban J connectivity index is 1.72. The standard InChI is InChI=1S/C20H28N2O4/c1-19(2,3)26-18(23)22-10-8-20(4,9-11-22)17-21-15-7-6-14(13-24-5)12-16(15)25-17/h6-7,12H,8-11,13H2,1-5H3. The maximum atomic E-state index is 12.3. The minimum atomic E-state index is -0.474. The highest BCUT2D eigenvalue weighted by atomic mass is 16.6. The molecule has 1 fully saturated rings. The van der Waals surface area contributed by atoms with E-state index in [0.29, 0.717) is 19.7 Å². The van der Waals surface area contributed by atoms with E-state index in [1.807, 2.05) is 39.0 Å². The van der Waals surface area contributed by atoms with Crippen LogP contribution in [0.15, 0.2) is 22.6 Å². The molecule has 1 aromatic heterocycles. The van der Waals surface area contributed by atoms with Crippen molar-refractivity contribution in [1.82, 2.24) is 9.88 Å². The molecule has 6 heteroatoms. The number of ether oxygens (including phenoxy) is 2. The van der Waals surface area contributed by atoms with E-state index in [1.165, 1.54) is 0 Å². The van der Waals surface area contributed by atoms with Crippen molar-refractivity contribution >= 4 is 17.2 Å². The fourth-order valence-electron chi connectivity index (χ4n) is 3.21. The summed E-state index contributed by atoms with van der Waals surface area (Å²) < 4.78 is 16.7. The van der Waals surface area contributed by atoms with E-state index < -0.39 is 5.60 Å². The van der Waals surface area contributed by atoms with Gasteiger partial charge in [-0.25, -0.2) is 9.78 Å². The minimum absolute atomic E-state index is 0.182. The molecular weight excluding hydrogens is 332 g/mol. The molecule has 142 valence electrons. The first-order valence-electron chi connectivity index (χ1n) is 9.07. The van der Waals surface area contributed by atoms with Gasteiger partial charge in [-0.15, -0.1) is 0 Å². The molecule has 2 aromatic rings. The van der Waals surface area contributed by atoms with E-state index in [-0.39, 0.29) is 11.5 Å². The highest BCUT2D eigenvalue weighted by molar-refractivity contribution is 5.73. The van der Waals surface area contributed by atoms with Gasteiger partial charge in [-0.3, -0.25) is 0 Å². The molecule has 0 spiro atoms. The summed E-state index contributed by atoms with van der Waals surface area (Å²) >= 11 is 0. The van der Waals surface area contributed by atoms with Crippen molar-refractivity contribution in [3.8, 4) is 0 Å². The maximum Gasteiger partial charge on any atom is 0.410 e. The van der Waals surface area contributed by atoms with Gasteiger partial charge in [0.2, 0.25) is 5.89 Å². The van der Waals surface area contributed by atoms with Crippen LogP contribution in [0.5, 0.6) is 0 Å². The lowest BCUT2D eigenvalue weighted by Crippen LogP contribution is -2.45. The van der Waals surface area contributed by atoms with Crippen LogP contribution in [0.4, 0.5) is 4.79 Å². The van der Waals surface area contributed by atoms with Crippen LogP contribution in [0.2, 0.25) is 0 Å². The monoisotopic (exact) mass is 360 g/mol. The molecule has 0 radical (unpaired) electrons. The molecule has 6 nitrogen and oxygen atoms in total. The molecular formula is C20H28N2O4. The van der Waals surface area contributed by atoms with Crippen molar-refractivity contribution in [1.29, 1.82) is 0 Å². The Morgan fingerprint density at radius 1 is 1.31 bits per heavy atom. The number of oxazole rings is 1. The second-order valence-corrected chi connectivity index (χ2v) is 8.28. The lowest BCUT2D eigenvalue weighted by molar-refractivity contribution is 0.0160. The van der Waals surface area contributed by atoms with Gasteiger partial charge in [-0.2, -0.15) is 0 Å². The van der Waals surface area contributed by atoms with Gasteiger partial charge in [0, 0.05) is 25.6 Å². The predicted octanol–water partition coefficient (Wildman–Crippen LogP) is 4.26. The van der Waals surface area contributed by atoms with Crippen molar-refractivity contribution in [2.75, 3.05) is 20.2 Å². The third-order valence-corrected chi connectivity index (χ3v) is 4.80. The fraction of sp³-hybridized carbons (Fsp3) is 0.600. The van der Waals surface area contributed by atoms with Gasteiger partial charge in [0.1, 0.15) is 11.1 Å².